The number of methoxy groups -OCH3 is 1. The number of amides is 2. The van der Waals surface area contributed by atoms with Gasteiger partial charge in [-0.2, -0.15) is 0 Å². The molecular formula is C27H29ClFN3O5S. The summed E-state index contributed by atoms with van der Waals surface area (Å²) < 4.78 is 48.1. The smallest absolute Gasteiger partial charge is 0.264 e. The lowest BCUT2D eigenvalue weighted by Crippen LogP contribution is -2.50. The first kappa shape index (κ1) is 28.9. The molecule has 38 heavy (non-hydrogen) atoms. The van der Waals surface area contributed by atoms with E-state index in [4.69, 9.17) is 16.3 Å². The summed E-state index contributed by atoms with van der Waals surface area (Å²) in [6.07, 6.45) is 0. The van der Waals surface area contributed by atoms with Gasteiger partial charge in [-0.25, -0.2) is 12.8 Å². The lowest BCUT2D eigenvalue weighted by atomic mass is 10.1. The molecule has 0 aromatic heterocycles. The molecule has 0 bridgehead atoms. The van der Waals surface area contributed by atoms with Crippen LogP contribution in [0.2, 0.25) is 5.02 Å². The molecule has 202 valence electrons. The zero-order valence-electron chi connectivity index (χ0n) is 21.4. The van der Waals surface area contributed by atoms with E-state index in [1.54, 1.807) is 18.2 Å². The molecule has 1 N–H and O–H groups in total. The first-order chi connectivity index (χ1) is 18.0. The van der Waals surface area contributed by atoms with Gasteiger partial charge in [-0.15, -0.1) is 0 Å². The van der Waals surface area contributed by atoms with E-state index in [-0.39, 0.29) is 27.7 Å². The van der Waals surface area contributed by atoms with E-state index in [0.29, 0.717) is 5.75 Å². The average molecular weight is 562 g/mol. The fourth-order valence-corrected chi connectivity index (χ4v) is 5.44. The summed E-state index contributed by atoms with van der Waals surface area (Å²) >= 11 is 6.29. The number of nitrogens with zero attached hydrogens (tertiary/aromatic N) is 2. The molecule has 0 aliphatic carbocycles. The lowest BCUT2D eigenvalue weighted by Gasteiger charge is -2.32. The molecule has 8 nitrogen and oxygen atoms in total. The number of sulfonamides is 1. The maximum Gasteiger partial charge on any atom is 0.264 e. The van der Waals surface area contributed by atoms with Crippen LogP contribution in [0.1, 0.15) is 18.1 Å². The molecule has 2 amide bonds. The predicted molar refractivity (Wildman–Crippen MR) is 144 cm³/mol. The van der Waals surface area contributed by atoms with Gasteiger partial charge >= 0.3 is 0 Å². The number of likely N-dealkylation sites (N-methyl/N-ethyl adjacent to an activating group) is 1. The van der Waals surface area contributed by atoms with Crippen LogP contribution in [0, 0.1) is 12.7 Å². The molecule has 0 spiro atoms. The first-order valence-corrected chi connectivity index (χ1v) is 13.5. The first-order valence-electron chi connectivity index (χ1n) is 11.7. The van der Waals surface area contributed by atoms with Crippen molar-refractivity contribution in [3.05, 3.63) is 88.7 Å². The average Bonchev–Trinajstić information content (AvgIpc) is 2.90. The van der Waals surface area contributed by atoms with Crippen molar-refractivity contribution in [2.24, 2.45) is 0 Å². The Morgan fingerprint density at radius 2 is 1.74 bits per heavy atom. The molecule has 0 heterocycles. The van der Waals surface area contributed by atoms with Crippen molar-refractivity contribution in [3.8, 4) is 5.75 Å². The summed E-state index contributed by atoms with van der Waals surface area (Å²) in [5.74, 6) is -1.44. The number of benzene rings is 3. The minimum absolute atomic E-state index is 0.0390. The number of nitrogens with one attached hydrogen (secondary N) is 1. The van der Waals surface area contributed by atoms with Crippen LogP contribution >= 0.6 is 11.6 Å². The van der Waals surface area contributed by atoms with Crippen molar-refractivity contribution in [2.75, 3.05) is 25.0 Å². The minimum Gasteiger partial charge on any atom is -0.495 e. The summed E-state index contributed by atoms with van der Waals surface area (Å²) in [4.78, 5) is 27.3. The van der Waals surface area contributed by atoms with Gasteiger partial charge in [-0.1, -0.05) is 47.5 Å². The SMILES string of the molecule is CNC(=O)[C@@H](C)N(Cc1ccccc1F)C(=O)CN(c1ccc(OC)c(Cl)c1)S(=O)(=O)c1ccc(C)cc1. The van der Waals surface area contributed by atoms with Crippen LogP contribution in [0.15, 0.2) is 71.6 Å². The highest BCUT2D eigenvalue weighted by Crippen LogP contribution is 2.32. The van der Waals surface area contributed by atoms with E-state index < -0.39 is 40.2 Å². The quantitative estimate of drug-likeness (QED) is 0.401. The topological polar surface area (TPSA) is 96.0 Å². The predicted octanol–water partition coefficient (Wildman–Crippen LogP) is 4.15. The van der Waals surface area contributed by atoms with Gasteiger partial charge in [-0.3, -0.25) is 13.9 Å². The number of carbonyl (C=O) groups is 2. The number of halogens is 2. The molecule has 3 rings (SSSR count). The largest absolute Gasteiger partial charge is 0.495 e. The van der Waals surface area contributed by atoms with E-state index in [0.717, 1.165) is 14.8 Å². The number of ether oxygens (including phenoxy) is 1. The van der Waals surface area contributed by atoms with Crippen molar-refractivity contribution in [3.63, 3.8) is 0 Å². The fourth-order valence-electron chi connectivity index (χ4n) is 3.78. The second-order valence-electron chi connectivity index (χ2n) is 8.55. The van der Waals surface area contributed by atoms with Gasteiger partial charge in [0.05, 0.1) is 22.7 Å². The molecular weight excluding hydrogens is 533 g/mol. The van der Waals surface area contributed by atoms with Crippen LogP contribution in [0.4, 0.5) is 10.1 Å². The summed E-state index contributed by atoms with van der Waals surface area (Å²) in [5.41, 5.74) is 1.15. The zero-order chi connectivity index (χ0) is 28.0. The van der Waals surface area contributed by atoms with Crippen molar-refractivity contribution >= 4 is 39.1 Å². The molecule has 3 aromatic carbocycles. The van der Waals surface area contributed by atoms with Gasteiger partial charge in [0.2, 0.25) is 11.8 Å². The van der Waals surface area contributed by atoms with Crippen molar-refractivity contribution in [1.82, 2.24) is 10.2 Å². The van der Waals surface area contributed by atoms with Crippen molar-refractivity contribution in [1.29, 1.82) is 0 Å². The number of carbonyl (C=O) groups excluding carboxylic acids is 2. The van der Waals surface area contributed by atoms with Crippen LogP contribution in [-0.4, -0.2) is 51.9 Å². The highest BCUT2D eigenvalue weighted by molar-refractivity contribution is 7.92. The molecule has 1 atom stereocenters. The monoisotopic (exact) mass is 561 g/mol. The summed E-state index contributed by atoms with van der Waals surface area (Å²) in [7, 11) is -1.42. The van der Waals surface area contributed by atoms with Crippen LogP contribution in [0.3, 0.4) is 0 Å². The Kier molecular flexibility index (Phi) is 9.35. The number of hydrogen-bond donors (Lipinski definition) is 1. The van der Waals surface area contributed by atoms with Gasteiger partial charge in [-0.05, 0) is 50.2 Å². The van der Waals surface area contributed by atoms with E-state index in [1.165, 1.54) is 69.6 Å². The van der Waals surface area contributed by atoms with Gasteiger partial charge in [0.15, 0.2) is 0 Å². The molecule has 11 heteroatoms. The molecule has 0 unspecified atom stereocenters. The van der Waals surface area contributed by atoms with Crippen LogP contribution in [0.25, 0.3) is 0 Å². The number of anilines is 1. The Balaban J connectivity index is 2.08. The van der Waals surface area contributed by atoms with E-state index in [9.17, 15) is 22.4 Å². The summed E-state index contributed by atoms with van der Waals surface area (Å²) in [6, 6.07) is 15.4. The van der Waals surface area contributed by atoms with Crippen molar-refractivity contribution < 1.29 is 27.1 Å². The highest BCUT2D eigenvalue weighted by atomic mass is 35.5. The molecule has 0 saturated heterocycles. The minimum atomic E-state index is -4.26. The Hall–Kier alpha value is -3.63. The molecule has 0 aliphatic heterocycles. The van der Waals surface area contributed by atoms with Gasteiger partial charge in [0.25, 0.3) is 10.0 Å². The number of hydrogen-bond acceptors (Lipinski definition) is 5. The standard InChI is InChI=1S/C27H29ClFN3O5S/c1-18-9-12-22(13-10-18)38(35,36)32(21-11-14-25(37-4)23(28)15-21)17-26(33)31(19(2)27(34)30-3)16-20-7-5-6-8-24(20)29/h5-15,19H,16-17H2,1-4H3,(H,30,34)/t19-/m1/s1. The Labute approximate surface area is 227 Å². The summed E-state index contributed by atoms with van der Waals surface area (Å²) in [5, 5.41) is 2.62. The Bertz CT molecular complexity index is 1420. The zero-order valence-corrected chi connectivity index (χ0v) is 23.0. The van der Waals surface area contributed by atoms with E-state index >= 15 is 0 Å². The maximum absolute atomic E-state index is 14.5. The normalized spacial score (nSPS) is 11.9. The second-order valence-corrected chi connectivity index (χ2v) is 10.8. The molecule has 0 saturated carbocycles. The maximum atomic E-state index is 14.5. The van der Waals surface area contributed by atoms with E-state index in [1.807, 2.05) is 6.92 Å². The Morgan fingerprint density at radius 1 is 1.08 bits per heavy atom. The third-order valence-electron chi connectivity index (χ3n) is 6.02. The molecule has 0 radical (unpaired) electrons. The fraction of sp³-hybridized carbons (Fsp3) is 0.259. The van der Waals surface area contributed by atoms with E-state index in [2.05, 4.69) is 5.32 Å². The summed E-state index contributed by atoms with van der Waals surface area (Å²) in [6.45, 7) is 2.39. The second kappa shape index (κ2) is 12.3. The van der Waals surface area contributed by atoms with Crippen LogP contribution in [0.5, 0.6) is 5.75 Å². The lowest BCUT2D eigenvalue weighted by molar-refractivity contribution is -0.139. The number of aryl methyl sites for hydroxylation is 1. The third-order valence-corrected chi connectivity index (χ3v) is 8.11. The molecule has 0 fully saturated rings. The van der Waals surface area contributed by atoms with Crippen molar-refractivity contribution in [2.45, 2.75) is 31.3 Å². The van der Waals surface area contributed by atoms with Gasteiger partial charge in [0.1, 0.15) is 24.2 Å². The van der Waals surface area contributed by atoms with Gasteiger partial charge in [0, 0.05) is 19.2 Å². The van der Waals surface area contributed by atoms with Crippen LogP contribution < -0.4 is 14.4 Å². The molecule has 0 aliphatic rings. The number of rotatable bonds is 10. The van der Waals surface area contributed by atoms with Crippen LogP contribution in [-0.2, 0) is 26.2 Å². The third kappa shape index (κ3) is 6.43. The van der Waals surface area contributed by atoms with Gasteiger partial charge < -0.3 is 15.0 Å². The molecule has 3 aromatic rings. The highest BCUT2D eigenvalue weighted by Gasteiger charge is 2.33. The Morgan fingerprint density at radius 3 is 2.32 bits per heavy atom.